The summed E-state index contributed by atoms with van der Waals surface area (Å²) in [6, 6.07) is 13.3. The van der Waals surface area contributed by atoms with Crippen molar-refractivity contribution in [3.05, 3.63) is 65.2 Å². The van der Waals surface area contributed by atoms with Crippen molar-refractivity contribution < 1.29 is 13.6 Å². The van der Waals surface area contributed by atoms with E-state index >= 15 is 0 Å². The van der Waals surface area contributed by atoms with E-state index in [1.165, 1.54) is 17.8 Å². The van der Waals surface area contributed by atoms with Gasteiger partial charge >= 0.3 is 0 Å². The fourth-order valence-corrected chi connectivity index (χ4v) is 3.73. The number of hydrogen-bond acceptors (Lipinski definition) is 4. The molecule has 0 aliphatic carbocycles. The Hall–Kier alpha value is -2.43. The number of piperazine rings is 1. The van der Waals surface area contributed by atoms with Crippen molar-refractivity contribution >= 4 is 17.7 Å². The van der Waals surface area contributed by atoms with E-state index in [2.05, 4.69) is 11.0 Å². The van der Waals surface area contributed by atoms with Gasteiger partial charge in [0.1, 0.15) is 0 Å². The molecule has 0 bridgehead atoms. The SMILES string of the molecule is N#Cc1ccc(CN2CCN(C(=O)CSc3ccc(F)c(F)c3)CC2)cc1. The smallest absolute Gasteiger partial charge is 0.233 e. The first-order chi connectivity index (χ1) is 13.0. The van der Waals surface area contributed by atoms with Crippen molar-refractivity contribution in [1.82, 2.24) is 9.80 Å². The minimum absolute atomic E-state index is 0.00255. The van der Waals surface area contributed by atoms with Crippen LogP contribution < -0.4 is 0 Å². The fourth-order valence-electron chi connectivity index (χ4n) is 2.90. The van der Waals surface area contributed by atoms with Gasteiger partial charge in [-0.05, 0) is 35.9 Å². The summed E-state index contributed by atoms with van der Waals surface area (Å²) in [7, 11) is 0. The number of nitriles is 1. The lowest BCUT2D eigenvalue weighted by Crippen LogP contribution is -2.48. The maximum Gasteiger partial charge on any atom is 0.233 e. The zero-order valence-corrected chi connectivity index (χ0v) is 15.5. The topological polar surface area (TPSA) is 47.3 Å². The first kappa shape index (κ1) is 19.3. The van der Waals surface area contributed by atoms with Gasteiger partial charge in [0.05, 0.1) is 17.4 Å². The van der Waals surface area contributed by atoms with E-state index in [0.717, 1.165) is 37.3 Å². The maximum absolute atomic E-state index is 13.2. The van der Waals surface area contributed by atoms with E-state index in [1.54, 1.807) is 0 Å². The summed E-state index contributed by atoms with van der Waals surface area (Å²) >= 11 is 1.21. The summed E-state index contributed by atoms with van der Waals surface area (Å²) in [6.07, 6.45) is 0. The van der Waals surface area contributed by atoms with Gasteiger partial charge in [0.2, 0.25) is 5.91 Å². The molecule has 1 saturated heterocycles. The number of amides is 1. The molecule has 0 saturated carbocycles. The number of halogens is 2. The zero-order valence-electron chi connectivity index (χ0n) is 14.7. The Morgan fingerprint density at radius 2 is 1.74 bits per heavy atom. The highest BCUT2D eigenvalue weighted by Gasteiger charge is 2.21. The number of benzene rings is 2. The predicted octanol–water partition coefficient (Wildman–Crippen LogP) is 3.27. The van der Waals surface area contributed by atoms with Crippen molar-refractivity contribution in [2.75, 3.05) is 31.9 Å². The van der Waals surface area contributed by atoms with E-state index in [-0.39, 0.29) is 11.7 Å². The Bertz CT molecular complexity index is 843. The summed E-state index contributed by atoms with van der Waals surface area (Å²) < 4.78 is 26.2. The Morgan fingerprint density at radius 1 is 1.04 bits per heavy atom. The van der Waals surface area contributed by atoms with E-state index in [1.807, 2.05) is 29.2 Å². The van der Waals surface area contributed by atoms with Crippen molar-refractivity contribution in [3.8, 4) is 6.07 Å². The number of nitrogens with zero attached hydrogens (tertiary/aromatic N) is 3. The van der Waals surface area contributed by atoms with Crippen LogP contribution in [0.5, 0.6) is 0 Å². The van der Waals surface area contributed by atoms with E-state index in [4.69, 9.17) is 5.26 Å². The quantitative estimate of drug-likeness (QED) is 0.739. The van der Waals surface area contributed by atoms with Crippen molar-refractivity contribution in [2.24, 2.45) is 0 Å². The molecule has 0 unspecified atom stereocenters. The highest BCUT2D eigenvalue weighted by Crippen LogP contribution is 2.21. The molecule has 0 atom stereocenters. The molecular weight excluding hydrogens is 368 g/mol. The second-order valence-electron chi connectivity index (χ2n) is 6.33. The molecule has 0 aromatic heterocycles. The number of thioether (sulfide) groups is 1. The van der Waals surface area contributed by atoms with Crippen molar-refractivity contribution in [3.63, 3.8) is 0 Å². The van der Waals surface area contributed by atoms with Crippen LogP contribution in [0.3, 0.4) is 0 Å². The average Bonchev–Trinajstić information content (AvgIpc) is 2.70. The molecule has 1 heterocycles. The Balaban J connectivity index is 1.44. The van der Waals surface area contributed by atoms with Crippen molar-refractivity contribution in [1.29, 1.82) is 5.26 Å². The molecule has 0 radical (unpaired) electrons. The second kappa shape index (κ2) is 8.98. The second-order valence-corrected chi connectivity index (χ2v) is 7.38. The van der Waals surface area contributed by atoms with Crippen LogP contribution in [0.25, 0.3) is 0 Å². The summed E-state index contributed by atoms with van der Waals surface area (Å²) in [5, 5.41) is 8.84. The molecule has 2 aromatic rings. The van der Waals surface area contributed by atoms with Gasteiger partial charge in [-0.1, -0.05) is 12.1 Å². The molecule has 27 heavy (non-hydrogen) atoms. The molecular formula is C20H19F2N3OS. The third-order valence-corrected chi connectivity index (χ3v) is 5.45. The van der Waals surface area contributed by atoms with Crippen LogP contribution in [-0.4, -0.2) is 47.6 Å². The number of carbonyl (C=O) groups excluding carboxylic acids is 1. The van der Waals surface area contributed by atoms with Crippen LogP contribution in [0.4, 0.5) is 8.78 Å². The van der Waals surface area contributed by atoms with Crippen LogP contribution in [-0.2, 0) is 11.3 Å². The van der Waals surface area contributed by atoms with Crippen LogP contribution >= 0.6 is 11.8 Å². The lowest BCUT2D eigenvalue weighted by Gasteiger charge is -2.34. The van der Waals surface area contributed by atoms with Gasteiger partial charge in [-0.2, -0.15) is 5.26 Å². The molecule has 7 heteroatoms. The van der Waals surface area contributed by atoms with Crippen LogP contribution in [0.1, 0.15) is 11.1 Å². The summed E-state index contributed by atoms with van der Waals surface area (Å²) in [5.41, 5.74) is 1.79. The molecule has 1 aliphatic rings. The van der Waals surface area contributed by atoms with Crippen LogP contribution in [0.15, 0.2) is 47.4 Å². The molecule has 3 rings (SSSR count). The largest absolute Gasteiger partial charge is 0.339 e. The first-order valence-electron chi connectivity index (χ1n) is 8.62. The van der Waals surface area contributed by atoms with Gasteiger partial charge in [-0.15, -0.1) is 11.8 Å². The molecule has 1 fully saturated rings. The molecule has 1 aliphatic heterocycles. The fraction of sp³-hybridized carbons (Fsp3) is 0.300. The first-order valence-corrected chi connectivity index (χ1v) is 9.61. The highest BCUT2D eigenvalue weighted by atomic mass is 32.2. The van der Waals surface area contributed by atoms with E-state index < -0.39 is 11.6 Å². The highest BCUT2D eigenvalue weighted by molar-refractivity contribution is 8.00. The maximum atomic E-state index is 13.2. The van der Waals surface area contributed by atoms with E-state index in [0.29, 0.717) is 23.5 Å². The van der Waals surface area contributed by atoms with Gasteiger partial charge in [0.25, 0.3) is 0 Å². The summed E-state index contributed by atoms with van der Waals surface area (Å²) in [4.78, 5) is 17.0. The van der Waals surface area contributed by atoms with E-state index in [9.17, 15) is 13.6 Å². The van der Waals surface area contributed by atoms with Gasteiger partial charge in [-0.3, -0.25) is 9.69 Å². The monoisotopic (exact) mass is 387 g/mol. The minimum atomic E-state index is -0.899. The van der Waals surface area contributed by atoms with Gasteiger partial charge in [0, 0.05) is 37.6 Å². The summed E-state index contributed by atoms with van der Waals surface area (Å²) in [6.45, 7) is 3.64. The number of rotatable bonds is 5. The van der Waals surface area contributed by atoms with Gasteiger partial charge in [0.15, 0.2) is 11.6 Å². The minimum Gasteiger partial charge on any atom is -0.339 e. The van der Waals surface area contributed by atoms with Gasteiger partial charge in [-0.25, -0.2) is 8.78 Å². The molecule has 140 valence electrons. The molecule has 2 aromatic carbocycles. The van der Waals surface area contributed by atoms with Gasteiger partial charge < -0.3 is 4.90 Å². The van der Waals surface area contributed by atoms with Crippen LogP contribution in [0.2, 0.25) is 0 Å². The summed E-state index contributed by atoms with van der Waals surface area (Å²) in [5.74, 6) is -1.57. The normalized spacial score (nSPS) is 14.8. The van der Waals surface area contributed by atoms with Crippen molar-refractivity contribution in [2.45, 2.75) is 11.4 Å². The Kier molecular flexibility index (Phi) is 6.43. The molecule has 0 spiro atoms. The molecule has 0 N–H and O–H groups in total. The number of carbonyl (C=O) groups is 1. The third-order valence-electron chi connectivity index (χ3n) is 4.47. The Labute approximate surface area is 161 Å². The lowest BCUT2D eigenvalue weighted by molar-refractivity contribution is -0.130. The van der Waals surface area contributed by atoms with Crippen LogP contribution in [0, 0.1) is 23.0 Å². The third kappa shape index (κ3) is 5.28. The predicted molar refractivity (Wildman–Crippen MR) is 100 cm³/mol. The lowest BCUT2D eigenvalue weighted by atomic mass is 10.1. The molecule has 1 amide bonds. The average molecular weight is 387 g/mol. The number of hydrogen-bond donors (Lipinski definition) is 0. The zero-order chi connectivity index (χ0) is 19.2. The molecule has 4 nitrogen and oxygen atoms in total. The standard InChI is InChI=1S/C20H19F2N3OS/c21-18-6-5-17(11-19(18)22)27-14-20(26)25-9-7-24(8-10-25)13-16-3-1-15(12-23)2-4-16/h1-6,11H,7-10,13-14H2. The Morgan fingerprint density at radius 3 is 2.37 bits per heavy atom.